The van der Waals surface area contributed by atoms with Crippen molar-refractivity contribution >= 4 is 18.1 Å². The lowest BCUT2D eigenvalue weighted by Crippen LogP contribution is -2.41. The molecule has 1 aromatic rings. The Balaban J connectivity index is 2.40. The Hall–Kier alpha value is -2.37. The van der Waals surface area contributed by atoms with E-state index in [-0.39, 0.29) is 12.4 Å². The van der Waals surface area contributed by atoms with E-state index in [9.17, 15) is 14.0 Å². The summed E-state index contributed by atoms with van der Waals surface area (Å²) in [6.07, 6.45) is 1.96. The van der Waals surface area contributed by atoms with Gasteiger partial charge in [0.25, 0.3) is 5.91 Å². The van der Waals surface area contributed by atoms with E-state index in [4.69, 9.17) is 0 Å². The van der Waals surface area contributed by atoms with E-state index in [1.165, 1.54) is 36.4 Å². The van der Waals surface area contributed by atoms with Crippen molar-refractivity contribution in [2.45, 2.75) is 6.92 Å². The Morgan fingerprint density at radius 3 is 2.56 bits per heavy atom. The molecular weight excluding hydrogens is 239 g/mol. The molecule has 0 saturated carbocycles. The highest BCUT2D eigenvalue weighted by molar-refractivity contribution is 5.92. The Labute approximate surface area is 104 Å². The molecule has 18 heavy (non-hydrogen) atoms. The van der Waals surface area contributed by atoms with Crippen LogP contribution in [-0.2, 0) is 9.53 Å². The molecule has 0 unspecified atom stereocenters. The second-order valence-corrected chi connectivity index (χ2v) is 3.22. The van der Waals surface area contributed by atoms with Gasteiger partial charge in [0.15, 0.2) is 0 Å². The average molecular weight is 252 g/mol. The lowest BCUT2D eigenvalue weighted by molar-refractivity contribution is -0.117. The van der Waals surface area contributed by atoms with Crippen LogP contribution >= 0.6 is 0 Å². The second kappa shape index (κ2) is 7.05. The maximum atomic E-state index is 12.6. The number of carbonyl (C=O) groups is 2. The summed E-state index contributed by atoms with van der Waals surface area (Å²) in [5.41, 5.74) is 4.85. The van der Waals surface area contributed by atoms with Crippen LogP contribution in [0.1, 0.15) is 12.5 Å². The SMILES string of the molecule is CCOC(=O)NNC(=O)C=Cc1ccc(F)cc1. The maximum absolute atomic E-state index is 12.6. The topological polar surface area (TPSA) is 67.4 Å². The summed E-state index contributed by atoms with van der Waals surface area (Å²) < 4.78 is 17.1. The molecule has 0 heterocycles. The van der Waals surface area contributed by atoms with Crippen LogP contribution < -0.4 is 10.9 Å². The van der Waals surface area contributed by atoms with Gasteiger partial charge in [-0.3, -0.25) is 10.2 Å². The minimum absolute atomic E-state index is 0.215. The van der Waals surface area contributed by atoms with Gasteiger partial charge in [-0.25, -0.2) is 14.6 Å². The number of hydrazine groups is 1. The number of halogens is 1. The number of carbonyl (C=O) groups excluding carboxylic acids is 2. The molecule has 1 aromatic carbocycles. The first-order valence-corrected chi connectivity index (χ1v) is 5.28. The van der Waals surface area contributed by atoms with Crippen molar-refractivity contribution < 1.29 is 18.7 Å². The lowest BCUT2D eigenvalue weighted by atomic mass is 10.2. The number of benzene rings is 1. The van der Waals surface area contributed by atoms with Gasteiger partial charge in [0.1, 0.15) is 5.82 Å². The lowest BCUT2D eigenvalue weighted by Gasteiger charge is -2.04. The Morgan fingerprint density at radius 2 is 1.94 bits per heavy atom. The zero-order valence-electron chi connectivity index (χ0n) is 9.77. The molecule has 0 fully saturated rings. The molecular formula is C12H13FN2O3. The molecule has 1 rings (SSSR count). The average Bonchev–Trinajstić information content (AvgIpc) is 2.36. The van der Waals surface area contributed by atoms with Crippen molar-refractivity contribution in [2.75, 3.05) is 6.61 Å². The molecule has 0 saturated heterocycles. The predicted octanol–water partition coefficient (Wildman–Crippen LogP) is 1.62. The minimum atomic E-state index is -0.735. The van der Waals surface area contributed by atoms with Gasteiger partial charge in [0.2, 0.25) is 0 Å². The third kappa shape index (κ3) is 5.11. The van der Waals surface area contributed by atoms with Crippen molar-refractivity contribution in [3.63, 3.8) is 0 Å². The van der Waals surface area contributed by atoms with Gasteiger partial charge in [-0.15, -0.1) is 0 Å². The van der Waals surface area contributed by atoms with E-state index in [1.807, 2.05) is 0 Å². The number of hydrogen-bond donors (Lipinski definition) is 2. The normalized spacial score (nSPS) is 10.1. The first-order valence-electron chi connectivity index (χ1n) is 5.28. The Bertz CT molecular complexity index is 443. The maximum Gasteiger partial charge on any atom is 0.426 e. The van der Waals surface area contributed by atoms with Crippen molar-refractivity contribution in [3.05, 3.63) is 41.7 Å². The van der Waals surface area contributed by atoms with E-state index < -0.39 is 12.0 Å². The zero-order chi connectivity index (χ0) is 13.4. The van der Waals surface area contributed by atoms with E-state index in [1.54, 1.807) is 6.92 Å². The summed E-state index contributed by atoms with van der Waals surface area (Å²) in [6, 6.07) is 5.62. The highest BCUT2D eigenvalue weighted by atomic mass is 19.1. The molecule has 2 N–H and O–H groups in total. The van der Waals surface area contributed by atoms with Gasteiger partial charge in [0, 0.05) is 6.08 Å². The van der Waals surface area contributed by atoms with Crippen LogP contribution in [0.15, 0.2) is 30.3 Å². The number of ether oxygens (including phenoxy) is 1. The molecule has 0 aromatic heterocycles. The predicted molar refractivity (Wildman–Crippen MR) is 63.7 cm³/mol. The Kier molecular flexibility index (Phi) is 5.37. The second-order valence-electron chi connectivity index (χ2n) is 3.22. The third-order valence-electron chi connectivity index (χ3n) is 1.86. The molecule has 0 aliphatic carbocycles. The largest absolute Gasteiger partial charge is 0.449 e. The van der Waals surface area contributed by atoms with Crippen LogP contribution in [-0.4, -0.2) is 18.6 Å². The van der Waals surface area contributed by atoms with Crippen LogP contribution in [0.25, 0.3) is 6.08 Å². The van der Waals surface area contributed by atoms with Gasteiger partial charge in [-0.1, -0.05) is 12.1 Å². The Morgan fingerprint density at radius 1 is 1.28 bits per heavy atom. The van der Waals surface area contributed by atoms with E-state index in [0.29, 0.717) is 5.56 Å². The standard InChI is InChI=1S/C12H13FN2O3/c1-2-18-12(17)15-14-11(16)8-5-9-3-6-10(13)7-4-9/h3-8H,2H2,1H3,(H,14,16)(H,15,17). The minimum Gasteiger partial charge on any atom is -0.449 e. The van der Waals surface area contributed by atoms with E-state index in [2.05, 4.69) is 15.6 Å². The molecule has 0 atom stereocenters. The van der Waals surface area contributed by atoms with Crippen molar-refractivity contribution in [3.8, 4) is 0 Å². The molecule has 0 aliphatic rings. The fourth-order valence-corrected chi connectivity index (χ4v) is 1.07. The fourth-order valence-electron chi connectivity index (χ4n) is 1.07. The van der Waals surface area contributed by atoms with Crippen LogP contribution in [0.5, 0.6) is 0 Å². The monoisotopic (exact) mass is 252 g/mol. The summed E-state index contributed by atoms with van der Waals surface area (Å²) in [4.78, 5) is 22.1. The summed E-state index contributed by atoms with van der Waals surface area (Å²) in [5.74, 6) is -0.868. The highest BCUT2D eigenvalue weighted by Crippen LogP contribution is 2.04. The van der Waals surface area contributed by atoms with E-state index >= 15 is 0 Å². The third-order valence-corrected chi connectivity index (χ3v) is 1.86. The van der Waals surface area contributed by atoms with E-state index in [0.717, 1.165) is 0 Å². The summed E-state index contributed by atoms with van der Waals surface area (Å²) >= 11 is 0. The molecule has 6 heteroatoms. The van der Waals surface area contributed by atoms with Gasteiger partial charge >= 0.3 is 6.09 Å². The van der Waals surface area contributed by atoms with Crippen molar-refractivity contribution in [1.29, 1.82) is 0 Å². The van der Waals surface area contributed by atoms with Crippen LogP contribution in [0.3, 0.4) is 0 Å². The fraction of sp³-hybridized carbons (Fsp3) is 0.167. The first kappa shape index (κ1) is 13.7. The number of hydrogen-bond acceptors (Lipinski definition) is 3. The first-order chi connectivity index (χ1) is 8.61. The molecule has 2 amide bonds. The highest BCUT2D eigenvalue weighted by Gasteiger charge is 2.00. The number of nitrogens with one attached hydrogen (secondary N) is 2. The summed E-state index contributed by atoms with van der Waals surface area (Å²) in [6.45, 7) is 1.86. The number of amides is 2. The molecule has 0 bridgehead atoms. The van der Waals surface area contributed by atoms with Crippen LogP contribution in [0.4, 0.5) is 9.18 Å². The zero-order valence-corrected chi connectivity index (χ0v) is 9.77. The molecule has 5 nitrogen and oxygen atoms in total. The molecule has 0 radical (unpaired) electrons. The summed E-state index contributed by atoms with van der Waals surface area (Å²) in [5, 5.41) is 0. The molecule has 0 aliphatic heterocycles. The van der Waals surface area contributed by atoms with Gasteiger partial charge in [-0.05, 0) is 30.7 Å². The van der Waals surface area contributed by atoms with Crippen LogP contribution in [0, 0.1) is 5.82 Å². The number of rotatable bonds is 3. The van der Waals surface area contributed by atoms with Gasteiger partial charge < -0.3 is 4.74 Å². The smallest absolute Gasteiger partial charge is 0.426 e. The molecule has 0 spiro atoms. The summed E-state index contributed by atoms with van der Waals surface area (Å²) in [7, 11) is 0. The van der Waals surface area contributed by atoms with Gasteiger partial charge in [0.05, 0.1) is 6.61 Å². The van der Waals surface area contributed by atoms with Crippen LogP contribution in [0.2, 0.25) is 0 Å². The quantitative estimate of drug-likeness (QED) is 0.634. The van der Waals surface area contributed by atoms with Gasteiger partial charge in [-0.2, -0.15) is 0 Å². The van der Waals surface area contributed by atoms with Crippen molar-refractivity contribution in [1.82, 2.24) is 10.9 Å². The van der Waals surface area contributed by atoms with Crippen molar-refractivity contribution in [2.24, 2.45) is 0 Å². The molecule has 96 valence electrons.